The van der Waals surface area contributed by atoms with E-state index < -0.39 is 0 Å². The molecule has 1 aromatic rings. The Hall–Kier alpha value is -1.15. The fourth-order valence-corrected chi connectivity index (χ4v) is 2.49. The highest BCUT2D eigenvalue weighted by Gasteiger charge is 2.21. The Morgan fingerprint density at radius 1 is 1.12 bits per heavy atom. The van der Waals surface area contributed by atoms with Crippen LogP contribution in [0.25, 0.3) is 0 Å². The van der Waals surface area contributed by atoms with Crippen LogP contribution in [0.2, 0.25) is 0 Å². The van der Waals surface area contributed by atoms with E-state index in [2.05, 4.69) is 35.3 Å². The third-order valence-corrected chi connectivity index (χ3v) is 3.39. The van der Waals surface area contributed by atoms with Crippen LogP contribution in [0.4, 0.5) is 0 Å². The molecule has 1 fully saturated rings. The Labute approximate surface area is 97.6 Å². The monoisotopic (exact) mass is 216 g/mol. The van der Waals surface area contributed by atoms with Gasteiger partial charge in [0.2, 0.25) is 0 Å². The summed E-state index contributed by atoms with van der Waals surface area (Å²) >= 11 is 0. The molecule has 86 valence electrons. The van der Waals surface area contributed by atoms with Crippen LogP contribution < -0.4 is 5.73 Å². The van der Waals surface area contributed by atoms with Crippen LogP contribution >= 0.6 is 0 Å². The van der Waals surface area contributed by atoms with Gasteiger partial charge in [0.15, 0.2) is 0 Å². The quantitative estimate of drug-likeness (QED) is 0.775. The van der Waals surface area contributed by atoms with E-state index in [4.69, 9.17) is 5.73 Å². The van der Waals surface area contributed by atoms with Crippen molar-refractivity contribution < 1.29 is 0 Å². The maximum absolute atomic E-state index is 5.41. The molecule has 16 heavy (non-hydrogen) atoms. The van der Waals surface area contributed by atoms with Crippen molar-refractivity contribution in [1.82, 2.24) is 0 Å². The van der Waals surface area contributed by atoms with Gasteiger partial charge >= 0.3 is 0 Å². The summed E-state index contributed by atoms with van der Waals surface area (Å²) in [6, 6.07) is 11.4. The van der Waals surface area contributed by atoms with Crippen LogP contribution in [0, 0.1) is 0 Å². The minimum absolute atomic E-state index is 0.517. The number of nitrogens with two attached hydrogens (primary N) is 1. The second-order valence-corrected chi connectivity index (χ2v) is 4.48. The van der Waals surface area contributed by atoms with Gasteiger partial charge in [0.25, 0.3) is 0 Å². The fraction of sp³-hybridized carbons (Fsp3) is 0.500. The van der Waals surface area contributed by atoms with E-state index in [0.29, 0.717) is 12.6 Å². The molecule has 0 aromatic heterocycles. The van der Waals surface area contributed by atoms with Crippen LogP contribution in [0.5, 0.6) is 0 Å². The predicted molar refractivity (Wildman–Crippen MR) is 69.0 cm³/mol. The van der Waals surface area contributed by atoms with Gasteiger partial charge in [-0.1, -0.05) is 30.3 Å². The molecule has 0 spiro atoms. The molecule has 0 aliphatic heterocycles. The van der Waals surface area contributed by atoms with Gasteiger partial charge in [0.05, 0.1) is 0 Å². The number of hydrogen-bond donors (Lipinski definition) is 1. The van der Waals surface area contributed by atoms with E-state index in [1.807, 2.05) is 6.21 Å². The van der Waals surface area contributed by atoms with Gasteiger partial charge in [-0.05, 0) is 37.2 Å². The van der Waals surface area contributed by atoms with Crippen molar-refractivity contribution in [2.24, 2.45) is 10.7 Å². The van der Waals surface area contributed by atoms with Crippen molar-refractivity contribution in [2.75, 3.05) is 6.54 Å². The summed E-state index contributed by atoms with van der Waals surface area (Å²) in [7, 11) is 0. The van der Waals surface area contributed by atoms with Gasteiger partial charge < -0.3 is 5.73 Å². The first-order valence-electron chi connectivity index (χ1n) is 6.17. The largest absolute Gasteiger partial charge is 0.326 e. The number of aliphatic imine (C=N–C) groups is 1. The second kappa shape index (κ2) is 5.80. The van der Waals surface area contributed by atoms with Gasteiger partial charge in [0.1, 0.15) is 0 Å². The summed E-state index contributed by atoms with van der Waals surface area (Å²) < 4.78 is 0. The summed E-state index contributed by atoms with van der Waals surface area (Å²) in [5.41, 5.74) is 6.90. The molecule has 1 saturated carbocycles. The number of benzene rings is 1. The number of rotatable bonds is 3. The minimum Gasteiger partial charge on any atom is -0.326 e. The molecule has 2 heteroatoms. The average molecular weight is 216 g/mol. The Kier molecular flexibility index (Phi) is 4.11. The second-order valence-electron chi connectivity index (χ2n) is 4.48. The zero-order chi connectivity index (χ0) is 11.2. The normalized spacial score (nSPS) is 26.1. The van der Waals surface area contributed by atoms with Crippen molar-refractivity contribution in [3.8, 4) is 0 Å². The Bertz CT molecular complexity index is 324. The van der Waals surface area contributed by atoms with Gasteiger partial charge in [-0.3, -0.25) is 4.99 Å². The lowest BCUT2D eigenvalue weighted by Gasteiger charge is -2.26. The molecule has 2 rings (SSSR count). The molecule has 0 amide bonds. The first-order chi connectivity index (χ1) is 7.90. The molecule has 0 unspecified atom stereocenters. The van der Waals surface area contributed by atoms with E-state index in [1.165, 1.54) is 31.2 Å². The highest BCUT2D eigenvalue weighted by molar-refractivity contribution is 5.59. The Balaban J connectivity index is 1.88. The smallest absolute Gasteiger partial charge is 0.0496 e. The van der Waals surface area contributed by atoms with Crippen LogP contribution in [0.3, 0.4) is 0 Å². The molecule has 2 nitrogen and oxygen atoms in total. The van der Waals surface area contributed by atoms with Crippen molar-refractivity contribution >= 4 is 6.21 Å². The lowest BCUT2D eigenvalue weighted by molar-refractivity contribution is 0.397. The van der Waals surface area contributed by atoms with Crippen LogP contribution in [0.1, 0.15) is 37.2 Å². The van der Waals surface area contributed by atoms with Crippen molar-refractivity contribution in [3.63, 3.8) is 0 Å². The molecule has 1 aromatic carbocycles. The van der Waals surface area contributed by atoms with Crippen LogP contribution in [-0.2, 0) is 0 Å². The Morgan fingerprint density at radius 3 is 2.44 bits per heavy atom. The topological polar surface area (TPSA) is 38.4 Å². The zero-order valence-corrected chi connectivity index (χ0v) is 9.68. The summed E-state index contributed by atoms with van der Waals surface area (Å²) in [5, 5.41) is 0. The molecule has 0 atom stereocenters. The highest BCUT2D eigenvalue weighted by atomic mass is 14.8. The molecule has 0 saturated heterocycles. The molecule has 0 radical (unpaired) electrons. The average Bonchev–Trinajstić information content (AvgIpc) is 2.38. The number of hydrogen-bond acceptors (Lipinski definition) is 2. The third kappa shape index (κ3) is 2.92. The maximum atomic E-state index is 5.41. The first kappa shape index (κ1) is 11.3. The van der Waals surface area contributed by atoms with Gasteiger partial charge in [-0.2, -0.15) is 0 Å². The zero-order valence-electron chi connectivity index (χ0n) is 9.68. The molecule has 1 aliphatic carbocycles. The van der Waals surface area contributed by atoms with Crippen LogP contribution in [-0.4, -0.2) is 18.8 Å². The SMILES string of the molecule is NCC=NC1CCC(c2ccccc2)CC1. The molecule has 0 bridgehead atoms. The van der Waals surface area contributed by atoms with E-state index in [0.717, 1.165) is 5.92 Å². The van der Waals surface area contributed by atoms with Gasteiger partial charge in [0, 0.05) is 18.8 Å². The van der Waals surface area contributed by atoms with E-state index in [1.54, 1.807) is 0 Å². The lowest BCUT2D eigenvalue weighted by atomic mass is 9.82. The predicted octanol–water partition coefficient (Wildman–Crippen LogP) is 2.74. The van der Waals surface area contributed by atoms with Crippen molar-refractivity contribution in [2.45, 2.75) is 37.6 Å². The van der Waals surface area contributed by atoms with Gasteiger partial charge in [-0.15, -0.1) is 0 Å². The van der Waals surface area contributed by atoms with Crippen molar-refractivity contribution in [1.29, 1.82) is 0 Å². The molecule has 2 N–H and O–H groups in total. The van der Waals surface area contributed by atoms with Gasteiger partial charge in [-0.25, -0.2) is 0 Å². The molecule has 0 heterocycles. The number of nitrogens with zero attached hydrogens (tertiary/aromatic N) is 1. The summed E-state index contributed by atoms with van der Waals surface area (Å²) in [6.45, 7) is 0.568. The molecular weight excluding hydrogens is 196 g/mol. The Morgan fingerprint density at radius 2 is 1.81 bits per heavy atom. The summed E-state index contributed by atoms with van der Waals surface area (Å²) in [4.78, 5) is 4.48. The first-order valence-corrected chi connectivity index (χ1v) is 6.17. The minimum atomic E-state index is 0.517. The lowest BCUT2D eigenvalue weighted by Crippen LogP contribution is -2.17. The molecular formula is C14H20N2. The van der Waals surface area contributed by atoms with Crippen LogP contribution in [0.15, 0.2) is 35.3 Å². The standard InChI is InChI=1S/C14H20N2/c15-10-11-16-14-8-6-13(7-9-14)12-4-2-1-3-5-12/h1-5,11,13-14H,6-10,15H2. The summed E-state index contributed by atoms with van der Waals surface area (Å²) in [5.74, 6) is 0.741. The van der Waals surface area contributed by atoms with E-state index in [-0.39, 0.29) is 0 Å². The molecule has 1 aliphatic rings. The summed E-state index contributed by atoms with van der Waals surface area (Å²) in [6.07, 6.45) is 6.78. The highest BCUT2D eigenvalue weighted by Crippen LogP contribution is 2.33. The third-order valence-electron chi connectivity index (χ3n) is 3.39. The van der Waals surface area contributed by atoms with Crippen molar-refractivity contribution in [3.05, 3.63) is 35.9 Å². The maximum Gasteiger partial charge on any atom is 0.0496 e. The fourth-order valence-electron chi connectivity index (χ4n) is 2.49. The van der Waals surface area contributed by atoms with E-state index >= 15 is 0 Å². The van der Waals surface area contributed by atoms with E-state index in [9.17, 15) is 0 Å².